The van der Waals surface area contributed by atoms with Crippen LogP contribution in [0.4, 0.5) is 10.5 Å². The molecule has 6 nitrogen and oxygen atoms in total. The lowest BCUT2D eigenvalue weighted by Crippen LogP contribution is -2.43. The maximum Gasteiger partial charge on any atom is 0.319 e. The Bertz CT molecular complexity index is 530. The van der Waals surface area contributed by atoms with Gasteiger partial charge < -0.3 is 25.2 Å². The van der Waals surface area contributed by atoms with Crippen LogP contribution in [0.5, 0.6) is 11.5 Å². The van der Waals surface area contributed by atoms with Gasteiger partial charge in [0.15, 0.2) is 11.5 Å². The average molecular weight is 352 g/mol. The molecule has 0 saturated carbocycles. The van der Waals surface area contributed by atoms with Crippen molar-refractivity contribution in [3.63, 3.8) is 0 Å². The van der Waals surface area contributed by atoms with Crippen LogP contribution in [0.3, 0.4) is 0 Å². The highest BCUT2D eigenvalue weighted by Crippen LogP contribution is 2.31. The van der Waals surface area contributed by atoms with Crippen molar-refractivity contribution in [1.82, 2.24) is 5.32 Å². The van der Waals surface area contributed by atoms with Crippen molar-refractivity contribution in [3.05, 3.63) is 18.2 Å². The fraction of sp³-hybridized carbons (Fsp3) is 0.632. The molecule has 0 heterocycles. The van der Waals surface area contributed by atoms with Crippen LogP contribution in [0.25, 0.3) is 0 Å². The van der Waals surface area contributed by atoms with E-state index >= 15 is 0 Å². The number of nitrogens with one attached hydrogen (secondary N) is 2. The van der Waals surface area contributed by atoms with E-state index in [0.717, 1.165) is 12.8 Å². The molecule has 0 atom stereocenters. The summed E-state index contributed by atoms with van der Waals surface area (Å²) >= 11 is 0. The fourth-order valence-corrected chi connectivity index (χ4v) is 2.16. The van der Waals surface area contributed by atoms with Gasteiger partial charge in [0.25, 0.3) is 0 Å². The predicted molar refractivity (Wildman–Crippen MR) is 101 cm³/mol. The molecule has 6 heteroatoms. The third-order valence-electron chi connectivity index (χ3n) is 4.02. The van der Waals surface area contributed by atoms with Crippen molar-refractivity contribution in [3.8, 4) is 11.5 Å². The summed E-state index contributed by atoms with van der Waals surface area (Å²) in [6.45, 7) is 9.28. The van der Waals surface area contributed by atoms with Crippen LogP contribution >= 0.6 is 0 Å². The van der Waals surface area contributed by atoms with E-state index in [1.807, 2.05) is 27.7 Å². The maximum absolute atomic E-state index is 12.1. The molecular weight excluding hydrogens is 320 g/mol. The smallest absolute Gasteiger partial charge is 0.319 e. The second-order valence-electron chi connectivity index (χ2n) is 6.10. The summed E-state index contributed by atoms with van der Waals surface area (Å²) in [5.74, 6) is 1.29. The third-order valence-corrected chi connectivity index (χ3v) is 4.02. The van der Waals surface area contributed by atoms with Crippen molar-refractivity contribution in [1.29, 1.82) is 0 Å². The van der Waals surface area contributed by atoms with E-state index in [4.69, 9.17) is 9.47 Å². The molecule has 2 amide bonds. The number of benzene rings is 1. The molecule has 0 saturated heterocycles. The zero-order valence-corrected chi connectivity index (χ0v) is 15.9. The van der Waals surface area contributed by atoms with Gasteiger partial charge in [-0.1, -0.05) is 27.7 Å². The summed E-state index contributed by atoms with van der Waals surface area (Å²) in [4.78, 5) is 12.1. The first-order valence-corrected chi connectivity index (χ1v) is 9.14. The van der Waals surface area contributed by atoms with E-state index in [1.54, 1.807) is 18.2 Å². The van der Waals surface area contributed by atoms with Crippen LogP contribution < -0.4 is 20.1 Å². The lowest BCUT2D eigenvalue weighted by atomic mass is 9.98. The lowest BCUT2D eigenvalue weighted by Gasteiger charge is -2.25. The van der Waals surface area contributed by atoms with E-state index in [0.29, 0.717) is 43.2 Å². The van der Waals surface area contributed by atoms with Gasteiger partial charge in [-0.3, -0.25) is 0 Å². The van der Waals surface area contributed by atoms with E-state index in [2.05, 4.69) is 10.6 Å². The summed E-state index contributed by atoms with van der Waals surface area (Å²) in [6.07, 6.45) is 2.97. The van der Waals surface area contributed by atoms with Gasteiger partial charge in [-0.15, -0.1) is 0 Å². The van der Waals surface area contributed by atoms with Gasteiger partial charge in [0.05, 0.1) is 18.8 Å². The minimum Gasteiger partial charge on any atom is -0.490 e. The van der Waals surface area contributed by atoms with E-state index < -0.39 is 5.60 Å². The molecule has 0 aliphatic rings. The second-order valence-corrected chi connectivity index (χ2v) is 6.10. The fourth-order valence-electron chi connectivity index (χ4n) is 2.16. The number of ether oxygens (including phenoxy) is 2. The van der Waals surface area contributed by atoms with Crippen LogP contribution in [-0.2, 0) is 0 Å². The molecule has 1 rings (SSSR count). The number of hydrogen-bond donors (Lipinski definition) is 3. The third kappa shape index (κ3) is 7.22. The first-order valence-electron chi connectivity index (χ1n) is 9.14. The summed E-state index contributed by atoms with van der Waals surface area (Å²) in [5, 5.41) is 15.7. The molecule has 0 aliphatic carbocycles. The van der Waals surface area contributed by atoms with Gasteiger partial charge in [-0.2, -0.15) is 0 Å². The van der Waals surface area contributed by atoms with Crippen LogP contribution in [0.15, 0.2) is 18.2 Å². The normalized spacial score (nSPS) is 11.1. The van der Waals surface area contributed by atoms with E-state index in [-0.39, 0.29) is 12.6 Å². The standard InChI is InChI=1S/C19H32N2O4/c1-5-11-24-16-10-9-15(13-17(16)25-12-6-2)21-18(22)20-14-19(23,7-3)8-4/h9-10,13,23H,5-8,11-12,14H2,1-4H3,(H2,20,21,22). The minimum absolute atomic E-state index is 0.211. The number of anilines is 1. The molecule has 0 bridgehead atoms. The maximum atomic E-state index is 12.1. The van der Waals surface area contributed by atoms with Gasteiger partial charge in [0.2, 0.25) is 0 Å². The molecule has 0 fully saturated rings. The quantitative estimate of drug-likeness (QED) is 0.563. The average Bonchev–Trinajstić information content (AvgIpc) is 2.63. The highest BCUT2D eigenvalue weighted by atomic mass is 16.5. The molecule has 0 radical (unpaired) electrons. The lowest BCUT2D eigenvalue weighted by molar-refractivity contribution is 0.0354. The Morgan fingerprint density at radius 2 is 1.64 bits per heavy atom. The van der Waals surface area contributed by atoms with Crippen LogP contribution in [-0.4, -0.2) is 36.5 Å². The van der Waals surface area contributed by atoms with Crippen molar-refractivity contribution in [2.24, 2.45) is 0 Å². The summed E-state index contributed by atoms with van der Waals surface area (Å²) in [6, 6.07) is 4.97. The summed E-state index contributed by atoms with van der Waals surface area (Å²) in [5.41, 5.74) is -0.256. The van der Waals surface area contributed by atoms with Crippen molar-refractivity contribution in [2.45, 2.75) is 59.0 Å². The molecule has 0 spiro atoms. The molecule has 0 aliphatic heterocycles. The van der Waals surface area contributed by atoms with Crippen LogP contribution in [0.1, 0.15) is 53.4 Å². The SMILES string of the molecule is CCCOc1ccc(NC(=O)NCC(O)(CC)CC)cc1OCCC. The van der Waals surface area contributed by atoms with Gasteiger partial charge in [0, 0.05) is 18.3 Å². The summed E-state index contributed by atoms with van der Waals surface area (Å²) in [7, 11) is 0. The molecule has 0 unspecified atom stereocenters. The van der Waals surface area contributed by atoms with Gasteiger partial charge in [-0.25, -0.2) is 4.79 Å². The predicted octanol–water partition coefficient (Wildman–Crippen LogP) is 3.94. The number of amides is 2. The molecule has 3 N–H and O–H groups in total. The van der Waals surface area contributed by atoms with Crippen molar-refractivity contribution in [2.75, 3.05) is 25.1 Å². The number of carbonyl (C=O) groups is 1. The van der Waals surface area contributed by atoms with Crippen LogP contribution in [0, 0.1) is 0 Å². The number of carbonyl (C=O) groups excluding carboxylic acids is 1. The Labute approximate surface area is 150 Å². The largest absolute Gasteiger partial charge is 0.490 e. The highest BCUT2D eigenvalue weighted by Gasteiger charge is 2.22. The molecule has 1 aromatic rings. The minimum atomic E-state index is -0.870. The molecule has 1 aromatic carbocycles. The molecule has 142 valence electrons. The van der Waals surface area contributed by atoms with Gasteiger partial charge >= 0.3 is 6.03 Å². The molecular formula is C19H32N2O4. The first-order chi connectivity index (χ1) is 12.0. The highest BCUT2D eigenvalue weighted by molar-refractivity contribution is 5.89. The molecule has 0 aromatic heterocycles. The molecule has 25 heavy (non-hydrogen) atoms. The Kier molecular flexibility index (Phi) is 9.13. The zero-order chi connectivity index (χ0) is 18.7. The zero-order valence-electron chi connectivity index (χ0n) is 15.9. The number of rotatable bonds is 11. The number of urea groups is 1. The second kappa shape index (κ2) is 10.8. The van der Waals surface area contributed by atoms with Gasteiger partial charge in [0.1, 0.15) is 0 Å². The van der Waals surface area contributed by atoms with E-state index in [9.17, 15) is 9.90 Å². The Morgan fingerprint density at radius 1 is 1.04 bits per heavy atom. The number of aliphatic hydroxyl groups is 1. The van der Waals surface area contributed by atoms with Crippen molar-refractivity contribution >= 4 is 11.7 Å². The Morgan fingerprint density at radius 3 is 2.20 bits per heavy atom. The number of hydrogen-bond acceptors (Lipinski definition) is 4. The van der Waals surface area contributed by atoms with E-state index in [1.165, 1.54) is 0 Å². The monoisotopic (exact) mass is 352 g/mol. The Balaban J connectivity index is 2.72. The topological polar surface area (TPSA) is 79.8 Å². The van der Waals surface area contributed by atoms with Crippen LogP contribution in [0.2, 0.25) is 0 Å². The Hall–Kier alpha value is -1.95. The first kappa shape index (κ1) is 21.1. The van der Waals surface area contributed by atoms with Gasteiger partial charge in [-0.05, 0) is 37.8 Å². The van der Waals surface area contributed by atoms with Crippen molar-refractivity contribution < 1.29 is 19.4 Å². The summed E-state index contributed by atoms with van der Waals surface area (Å²) < 4.78 is 11.4.